The molecule has 1 aromatic carbocycles. The molecule has 2 N–H and O–H groups in total. The summed E-state index contributed by atoms with van der Waals surface area (Å²) in [4.78, 5) is 15.1. The van der Waals surface area contributed by atoms with Gasteiger partial charge in [-0.2, -0.15) is 0 Å². The Morgan fingerprint density at radius 1 is 1.25 bits per heavy atom. The third-order valence-corrected chi connectivity index (χ3v) is 6.29. The van der Waals surface area contributed by atoms with E-state index in [0.717, 1.165) is 37.3 Å². The minimum absolute atomic E-state index is 0.0655. The van der Waals surface area contributed by atoms with E-state index >= 15 is 0 Å². The Balaban J connectivity index is 1.65. The van der Waals surface area contributed by atoms with Crippen LogP contribution in [0.25, 0.3) is 0 Å². The fraction of sp³-hybridized carbons (Fsp3) is 0.368. The summed E-state index contributed by atoms with van der Waals surface area (Å²) >= 11 is 7.78. The van der Waals surface area contributed by atoms with Gasteiger partial charge in [0.05, 0.1) is 12.6 Å². The first-order valence-corrected chi connectivity index (χ1v) is 10.4. The lowest BCUT2D eigenvalue weighted by molar-refractivity contribution is -0.123. The average Bonchev–Trinajstić information content (AvgIpc) is 3.37. The van der Waals surface area contributed by atoms with Crippen LogP contribution in [0.2, 0.25) is 5.02 Å². The van der Waals surface area contributed by atoms with E-state index in [1.54, 1.807) is 11.3 Å². The highest BCUT2D eigenvalue weighted by Crippen LogP contribution is 2.32. The van der Waals surface area contributed by atoms with Gasteiger partial charge in [0.1, 0.15) is 0 Å². The third-order valence-electron chi connectivity index (χ3n) is 5.17. The van der Waals surface area contributed by atoms with Gasteiger partial charge in [-0.3, -0.25) is 9.69 Å². The number of halogens is 1. The van der Waals surface area contributed by atoms with Crippen molar-refractivity contribution in [2.24, 2.45) is 11.7 Å². The smallest absolute Gasteiger partial charge is 0.220 e. The molecule has 7 nitrogen and oxygen atoms in total. The second-order valence-electron chi connectivity index (χ2n) is 6.94. The maximum Gasteiger partial charge on any atom is 0.220 e. The van der Waals surface area contributed by atoms with Crippen molar-refractivity contribution in [1.82, 2.24) is 25.1 Å². The lowest BCUT2D eigenvalue weighted by atomic mass is 9.93. The van der Waals surface area contributed by atoms with Gasteiger partial charge in [0.15, 0.2) is 5.82 Å². The molecule has 1 aliphatic rings. The molecule has 0 aliphatic carbocycles. The summed E-state index contributed by atoms with van der Waals surface area (Å²) in [5.41, 5.74) is 6.58. The van der Waals surface area contributed by atoms with Crippen LogP contribution in [0.15, 0.2) is 41.8 Å². The molecule has 9 heteroatoms. The number of nitrogens with zero attached hydrogens (tertiary/aromatic N) is 5. The maximum atomic E-state index is 11.6. The predicted octanol–water partition coefficient (Wildman–Crippen LogP) is 2.72. The first kappa shape index (κ1) is 19.0. The van der Waals surface area contributed by atoms with E-state index in [1.807, 2.05) is 40.4 Å². The number of rotatable bonds is 6. The lowest BCUT2D eigenvalue weighted by Gasteiger charge is -2.36. The predicted molar refractivity (Wildman–Crippen MR) is 108 cm³/mol. The SMILES string of the molecule is NC(=O)C1CCN([C@H](c2ccc(Cl)cc2)c2nnnn2Cc2cccs2)CC1. The van der Waals surface area contributed by atoms with E-state index in [-0.39, 0.29) is 17.9 Å². The van der Waals surface area contributed by atoms with Crippen molar-refractivity contribution in [3.63, 3.8) is 0 Å². The van der Waals surface area contributed by atoms with Crippen molar-refractivity contribution < 1.29 is 4.79 Å². The van der Waals surface area contributed by atoms with E-state index in [9.17, 15) is 4.79 Å². The number of hydrogen-bond acceptors (Lipinski definition) is 6. The highest BCUT2D eigenvalue weighted by Gasteiger charge is 2.32. The fourth-order valence-electron chi connectivity index (χ4n) is 3.68. The molecule has 0 spiro atoms. The van der Waals surface area contributed by atoms with Crippen LogP contribution < -0.4 is 5.73 Å². The second kappa shape index (κ2) is 8.38. The van der Waals surface area contributed by atoms with E-state index in [2.05, 4.69) is 26.5 Å². The molecule has 1 aliphatic heterocycles. The van der Waals surface area contributed by atoms with Gasteiger partial charge in [-0.25, -0.2) is 4.68 Å². The first-order chi connectivity index (χ1) is 13.6. The minimum Gasteiger partial charge on any atom is -0.369 e. The van der Waals surface area contributed by atoms with Crippen molar-refractivity contribution >= 4 is 28.8 Å². The minimum atomic E-state index is -0.217. The lowest BCUT2D eigenvalue weighted by Crippen LogP contribution is -2.41. The number of tetrazole rings is 1. The third kappa shape index (κ3) is 4.09. The number of carbonyl (C=O) groups is 1. The topological polar surface area (TPSA) is 89.9 Å². The molecule has 1 fully saturated rings. The quantitative estimate of drug-likeness (QED) is 0.667. The number of carbonyl (C=O) groups excluding carboxylic acids is 1. The average molecular weight is 417 g/mol. The Bertz CT molecular complexity index is 918. The molecule has 28 heavy (non-hydrogen) atoms. The summed E-state index contributed by atoms with van der Waals surface area (Å²) in [6.45, 7) is 2.14. The van der Waals surface area contributed by atoms with Gasteiger partial charge in [-0.15, -0.1) is 16.4 Å². The summed E-state index contributed by atoms with van der Waals surface area (Å²) in [5.74, 6) is 0.503. The van der Waals surface area contributed by atoms with Crippen LogP contribution in [0.3, 0.4) is 0 Å². The van der Waals surface area contributed by atoms with Crippen LogP contribution in [-0.2, 0) is 11.3 Å². The Kier molecular flexibility index (Phi) is 5.70. The van der Waals surface area contributed by atoms with Crippen LogP contribution in [0.4, 0.5) is 0 Å². The molecule has 3 heterocycles. The van der Waals surface area contributed by atoms with Gasteiger partial charge in [-0.1, -0.05) is 29.8 Å². The number of hydrogen-bond donors (Lipinski definition) is 1. The molecule has 1 saturated heterocycles. The van der Waals surface area contributed by atoms with Crippen molar-refractivity contribution in [3.05, 3.63) is 63.1 Å². The summed E-state index contributed by atoms with van der Waals surface area (Å²) in [5, 5.41) is 15.3. The molecule has 0 radical (unpaired) electrons. The molecule has 4 rings (SSSR count). The monoisotopic (exact) mass is 416 g/mol. The summed E-state index contributed by atoms with van der Waals surface area (Å²) in [6, 6.07) is 11.8. The van der Waals surface area contributed by atoms with E-state index in [4.69, 9.17) is 17.3 Å². The van der Waals surface area contributed by atoms with Gasteiger partial charge < -0.3 is 5.73 Å². The van der Waals surface area contributed by atoms with Crippen molar-refractivity contribution in [3.8, 4) is 0 Å². The second-order valence-corrected chi connectivity index (χ2v) is 8.41. The van der Waals surface area contributed by atoms with Crippen molar-refractivity contribution in [2.75, 3.05) is 13.1 Å². The van der Waals surface area contributed by atoms with Crippen molar-refractivity contribution in [2.45, 2.75) is 25.4 Å². The van der Waals surface area contributed by atoms with Gasteiger partial charge in [0, 0.05) is 15.8 Å². The summed E-state index contributed by atoms with van der Waals surface area (Å²) < 4.78 is 1.85. The largest absolute Gasteiger partial charge is 0.369 e. The molecule has 0 unspecified atom stereocenters. The number of amides is 1. The zero-order valence-corrected chi connectivity index (χ0v) is 16.8. The Morgan fingerprint density at radius 3 is 2.64 bits per heavy atom. The molecule has 0 bridgehead atoms. The van der Waals surface area contributed by atoms with Gasteiger partial charge in [0.2, 0.25) is 5.91 Å². The Hall–Kier alpha value is -2.29. The fourth-order valence-corrected chi connectivity index (χ4v) is 4.49. The van der Waals surface area contributed by atoms with Gasteiger partial charge in [0.25, 0.3) is 0 Å². The molecule has 1 atom stereocenters. The highest BCUT2D eigenvalue weighted by molar-refractivity contribution is 7.09. The Labute approximate surface area is 172 Å². The van der Waals surface area contributed by atoms with Crippen molar-refractivity contribution in [1.29, 1.82) is 0 Å². The normalized spacial score (nSPS) is 16.9. The molecule has 1 amide bonds. The van der Waals surface area contributed by atoms with Crippen LogP contribution in [0.5, 0.6) is 0 Å². The molecular formula is C19H21ClN6OS. The number of primary amides is 1. The van der Waals surface area contributed by atoms with Crippen LogP contribution in [-0.4, -0.2) is 44.1 Å². The van der Waals surface area contributed by atoms with E-state index < -0.39 is 0 Å². The van der Waals surface area contributed by atoms with Gasteiger partial charge >= 0.3 is 0 Å². The maximum absolute atomic E-state index is 11.6. The number of benzene rings is 1. The molecule has 0 saturated carbocycles. The number of likely N-dealkylation sites (tertiary alicyclic amines) is 1. The highest BCUT2D eigenvalue weighted by atomic mass is 35.5. The van der Waals surface area contributed by atoms with E-state index in [1.165, 1.54) is 4.88 Å². The number of nitrogens with two attached hydrogens (primary N) is 1. The Morgan fingerprint density at radius 2 is 2.00 bits per heavy atom. The molecule has 146 valence electrons. The number of aromatic nitrogens is 4. The van der Waals surface area contributed by atoms with Crippen LogP contribution >= 0.6 is 22.9 Å². The molecular weight excluding hydrogens is 396 g/mol. The molecule has 3 aromatic rings. The zero-order chi connectivity index (χ0) is 19.5. The summed E-state index contributed by atoms with van der Waals surface area (Å²) in [6.07, 6.45) is 1.48. The standard InChI is InChI=1S/C19H21ClN6OS/c20-15-5-3-13(4-6-15)17(25-9-7-14(8-10-25)18(21)27)19-22-23-24-26(19)12-16-2-1-11-28-16/h1-6,11,14,17H,7-10,12H2,(H2,21,27)/t17-/m1/s1. The first-order valence-electron chi connectivity index (χ1n) is 9.19. The zero-order valence-electron chi connectivity index (χ0n) is 15.2. The van der Waals surface area contributed by atoms with Crippen LogP contribution in [0.1, 0.15) is 35.1 Å². The number of piperidine rings is 1. The van der Waals surface area contributed by atoms with Crippen LogP contribution in [0, 0.1) is 5.92 Å². The van der Waals surface area contributed by atoms with Gasteiger partial charge in [-0.05, 0) is 65.5 Å². The molecule has 2 aromatic heterocycles. The number of thiophene rings is 1. The summed E-state index contributed by atoms with van der Waals surface area (Å²) in [7, 11) is 0. The van der Waals surface area contributed by atoms with E-state index in [0.29, 0.717) is 11.6 Å².